The smallest absolute Gasteiger partial charge is 0.341 e. The van der Waals surface area contributed by atoms with Crippen molar-refractivity contribution in [1.29, 1.82) is 0 Å². The first-order valence-electron chi connectivity index (χ1n) is 10.7. The van der Waals surface area contributed by atoms with Crippen molar-refractivity contribution in [3.05, 3.63) is 87.9 Å². The second-order valence-corrected chi connectivity index (χ2v) is 8.67. The van der Waals surface area contributed by atoms with Gasteiger partial charge in [-0.3, -0.25) is 4.79 Å². The first kappa shape index (κ1) is 25.3. The van der Waals surface area contributed by atoms with Gasteiger partial charge in [-0.25, -0.2) is 4.79 Å². The second-order valence-electron chi connectivity index (χ2n) is 7.86. The van der Waals surface area contributed by atoms with Gasteiger partial charge < -0.3 is 15.2 Å². The number of carboxylic acids is 1. The van der Waals surface area contributed by atoms with Gasteiger partial charge >= 0.3 is 5.97 Å². The maximum atomic E-state index is 12.4. The van der Waals surface area contributed by atoms with Gasteiger partial charge in [-0.15, -0.1) is 0 Å². The number of allylic oxidation sites excluding steroid dienone is 2. The number of nitrogens with one attached hydrogen (secondary N) is 1. The van der Waals surface area contributed by atoms with Gasteiger partial charge in [0.25, 0.3) is 0 Å². The van der Waals surface area contributed by atoms with Gasteiger partial charge in [0.15, 0.2) is 6.61 Å². The summed E-state index contributed by atoms with van der Waals surface area (Å²) in [6, 6.07) is 18.3. The highest BCUT2D eigenvalue weighted by atomic mass is 35.5. The number of carboxylic acid groups (broad SMARTS) is 1. The second kappa shape index (κ2) is 11.7. The molecule has 0 aliphatic rings. The largest absolute Gasteiger partial charge is 0.482 e. The molecule has 0 bridgehead atoms. The van der Waals surface area contributed by atoms with Gasteiger partial charge in [0.1, 0.15) is 5.75 Å². The van der Waals surface area contributed by atoms with Crippen LogP contribution in [-0.2, 0) is 9.59 Å². The molecule has 5 nitrogen and oxygen atoms in total. The monoisotopic (exact) mass is 497 g/mol. The minimum atomic E-state index is -1.03. The maximum Gasteiger partial charge on any atom is 0.341 e. The first-order valence-corrected chi connectivity index (χ1v) is 11.5. The molecule has 0 aromatic heterocycles. The first-order chi connectivity index (χ1) is 16.2. The Bertz CT molecular complexity index is 1220. The molecule has 0 radical (unpaired) electrons. The number of rotatable bonds is 9. The van der Waals surface area contributed by atoms with Crippen LogP contribution in [0.4, 0.5) is 5.69 Å². The van der Waals surface area contributed by atoms with E-state index in [9.17, 15) is 9.59 Å². The molecular formula is C27H25Cl2NO4. The molecule has 3 aromatic rings. The summed E-state index contributed by atoms with van der Waals surface area (Å²) in [5.74, 6) is -0.695. The van der Waals surface area contributed by atoms with Crippen molar-refractivity contribution in [2.24, 2.45) is 0 Å². The number of hydrogen-bond acceptors (Lipinski definition) is 3. The van der Waals surface area contributed by atoms with Crippen LogP contribution in [0.25, 0.3) is 16.7 Å². The fourth-order valence-corrected chi connectivity index (χ4v) is 3.98. The maximum absolute atomic E-state index is 12.4. The number of ether oxygens (including phenoxy) is 1. The lowest BCUT2D eigenvalue weighted by atomic mass is 10.0. The molecule has 3 aromatic carbocycles. The Morgan fingerprint density at radius 2 is 1.68 bits per heavy atom. The lowest BCUT2D eigenvalue weighted by Crippen LogP contribution is -2.11. The van der Waals surface area contributed by atoms with E-state index in [4.69, 9.17) is 33.0 Å². The SMILES string of the molecule is C/C(=C\CCC(=O)Nc1ccc(-c2ccc(OCC(=O)O)cc2)cc1Cl)c1ccc(C)cc1Cl. The molecule has 0 heterocycles. The highest BCUT2D eigenvalue weighted by molar-refractivity contribution is 6.34. The summed E-state index contributed by atoms with van der Waals surface area (Å²) in [4.78, 5) is 23.0. The van der Waals surface area contributed by atoms with Crippen LogP contribution in [-0.4, -0.2) is 23.6 Å². The van der Waals surface area contributed by atoms with Crippen LogP contribution in [0.15, 0.2) is 66.7 Å². The summed E-state index contributed by atoms with van der Waals surface area (Å²) in [6.45, 7) is 3.58. The van der Waals surface area contributed by atoms with Crippen molar-refractivity contribution < 1.29 is 19.4 Å². The fourth-order valence-electron chi connectivity index (χ4n) is 3.37. The molecule has 7 heteroatoms. The van der Waals surface area contributed by atoms with Crippen LogP contribution in [0, 0.1) is 6.92 Å². The molecule has 0 atom stereocenters. The summed E-state index contributed by atoms with van der Waals surface area (Å²) in [7, 11) is 0. The lowest BCUT2D eigenvalue weighted by Gasteiger charge is -2.10. The third-order valence-corrected chi connectivity index (χ3v) is 5.79. The Morgan fingerprint density at radius 1 is 0.971 bits per heavy atom. The Kier molecular flexibility index (Phi) is 8.74. The zero-order valence-corrected chi connectivity index (χ0v) is 20.4. The van der Waals surface area contributed by atoms with E-state index >= 15 is 0 Å². The minimum absolute atomic E-state index is 0.131. The molecule has 34 heavy (non-hydrogen) atoms. The normalized spacial score (nSPS) is 11.2. The quantitative estimate of drug-likeness (QED) is 0.326. The zero-order chi connectivity index (χ0) is 24.7. The minimum Gasteiger partial charge on any atom is -0.482 e. The number of carbonyl (C=O) groups is 2. The molecule has 3 rings (SSSR count). The average Bonchev–Trinajstić information content (AvgIpc) is 2.79. The van der Waals surface area contributed by atoms with Crippen molar-refractivity contribution in [1.82, 2.24) is 0 Å². The van der Waals surface area contributed by atoms with E-state index in [2.05, 4.69) is 5.32 Å². The van der Waals surface area contributed by atoms with Gasteiger partial charge in [-0.05, 0) is 78.4 Å². The molecular weight excluding hydrogens is 473 g/mol. The van der Waals surface area contributed by atoms with E-state index in [0.717, 1.165) is 27.8 Å². The van der Waals surface area contributed by atoms with E-state index in [0.29, 0.717) is 34.3 Å². The fraction of sp³-hybridized carbons (Fsp3) is 0.185. The van der Waals surface area contributed by atoms with Crippen molar-refractivity contribution in [3.8, 4) is 16.9 Å². The predicted octanol–water partition coefficient (Wildman–Crippen LogP) is 7.25. The van der Waals surface area contributed by atoms with Crippen LogP contribution in [0.5, 0.6) is 5.75 Å². The molecule has 2 N–H and O–H groups in total. The van der Waals surface area contributed by atoms with Gasteiger partial charge in [0.05, 0.1) is 10.7 Å². The zero-order valence-electron chi connectivity index (χ0n) is 18.9. The van der Waals surface area contributed by atoms with Crippen LogP contribution in [0.1, 0.15) is 30.9 Å². The number of amides is 1. The van der Waals surface area contributed by atoms with E-state index in [-0.39, 0.29) is 5.91 Å². The number of anilines is 1. The Hall–Kier alpha value is -3.28. The Labute approximate surface area is 209 Å². The molecule has 0 unspecified atom stereocenters. The summed E-state index contributed by atoms with van der Waals surface area (Å²) in [6.07, 6.45) is 2.90. The van der Waals surface area contributed by atoms with E-state index in [1.165, 1.54) is 0 Å². The van der Waals surface area contributed by atoms with Gasteiger partial charge in [-0.1, -0.05) is 59.6 Å². The molecule has 176 valence electrons. The molecule has 0 aliphatic heterocycles. The van der Waals surface area contributed by atoms with Crippen LogP contribution in [0.3, 0.4) is 0 Å². The molecule has 0 saturated carbocycles. The standard InChI is InChI=1S/C27H25Cl2NO4/c1-17-6-12-22(23(28)14-17)18(2)4-3-5-26(31)30-25-13-9-20(15-24(25)29)19-7-10-21(11-8-19)34-16-27(32)33/h4,6-15H,3,5,16H2,1-2H3,(H,30,31)(H,32,33)/b18-4+. The molecule has 0 aliphatic carbocycles. The number of benzene rings is 3. The van der Waals surface area contributed by atoms with E-state index < -0.39 is 12.6 Å². The van der Waals surface area contributed by atoms with Crippen LogP contribution >= 0.6 is 23.2 Å². The molecule has 0 spiro atoms. The number of hydrogen-bond donors (Lipinski definition) is 2. The topological polar surface area (TPSA) is 75.6 Å². The third kappa shape index (κ3) is 7.11. The Morgan fingerprint density at radius 3 is 2.32 bits per heavy atom. The lowest BCUT2D eigenvalue weighted by molar-refractivity contribution is -0.139. The third-order valence-electron chi connectivity index (χ3n) is 5.16. The van der Waals surface area contributed by atoms with Crippen molar-refractivity contribution in [2.75, 3.05) is 11.9 Å². The average molecular weight is 498 g/mol. The number of aliphatic carboxylic acids is 1. The summed E-state index contributed by atoms with van der Waals surface area (Å²) < 4.78 is 5.14. The number of carbonyl (C=O) groups excluding carboxylic acids is 1. The number of aryl methyl sites for hydroxylation is 1. The molecule has 1 amide bonds. The van der Waals surface area contributed by atoms with Crippen molar-refractivity contribution in [3.63, 3.8) is 0 Å². The van der Waals surface area contributed by atoms with Crippen LogP contribution < -0.4 is 10.1 Å². The number of halogens is 2. The van der Waals surface area contributed by atoms with E-state index in [1.54, 1.807) is 24.3 Å². The van der Waals surface area contributed by atoms with Crippen LogP contribution in [0.2, 0.25) is 10.0 Å². The highest BCUT2D eigenvalue weighted by Crippen LogP contribution is 2.30. The van der Waals surface area contributed by atoms with E-state index in [1.807, 2.05) is 56.3 Å². The predicted molar refractivity (Wildman–Crippen MR) is 138 cm³/mol. The summed E-state index contributed by atoms with van der Waals surface area (Å²) in [5.41, 5.74) is 5.39. The summed E-state index contributed by atoms with van der Waals surface area (Å²) >= 11 is 12.7. The summed E-state index contributed by atoms with van der Waals surface area (Å²) in [5, 5.41) is 12.7. The highest BCUT2D eigenvalue weighted by Gasteiger charge is 2.09. The molecule has 0 fully saturated rings. The van der Waals surface area contributed by atoms with Gasteiger partial charge in [-0.2, -0.15) is 0 Å². The van der Waals surface area contributed by atoms with Gasteiger partial charge in [0.2, 0.25) is 5.91 Å². The Balaban J connectivity index is 1.57. The van der Waals surface area contributed by atoms with Crippen molar-refractivity contribution >= 4 is 46.3 Å². The molecule has 0 saturated heterocycles. The van der Waals surface area contributed by atoms with Crippen molar-refractivity contribution in [2.45, 2.75) is 26.7 Å². The van der Waals surface area contributed by atoms with Gasteiger partial charge in [0, 0.05) is 11.4 Å².